The summed E-state index contributed by atoms with van der Waals surface area (Å²) >= 11 is 0. The highest BCUT2D eigenvalue weighted by Crippen LogP contribution is 2.16. The van der Waals surface area contributed by atoms with Crippen LogP contribution >= 0.6 is 0 Å². The SMILES string of the molecule is COCCNCCCCCc1cc(F)c(C)cc1F. The van der Waals surface area contributed by atoms with Crippen LogP contribution < -0.4 is 5.32 Å². The number of ether oxygens (including phenoxy) is 1. The molecule has 0 radical (unpaired) electrons. The molecule has 108 valence electrons. The molecular formula is C15H23F2NO. The van der Waals surface area contributed by atoms with Crippen LogP contribution in [0.5, 0.6) is 0 Å². The van der Waals surface area contributed by atoms with Gasteiger partial charge in [0.1, 0.15) is 11.6 Å². The molecule has 0 fully saturated rings. The molecule has 0 atom stereocenters. The zero-order chi connectivity index (χ0) is 14.1. The van der Waals surface area contributed by atoms with Gasteiger partial charge in [-0.05, 0) is 56.0 Å². The van der Waals surface area contributed by atoms with Crippen molar-refractivity contribution in [1.82, 2.24) is 5.32 Å². The maximum atomic E-state index is 13.6. The number of rotatable bonds is 9. The highest BCUT2D eigenvalue weighted by molar-refractivity contribution is 5.25. The van der Waals surface area contributed by atoms with Crippen molar-refractivity contribution >= 4 is 0 Å². The summed E-state index contributed by atoms with van der Waals surface area (Å²) in [5.41, 5.74) is 0.846. The predicted molar refractivity (Wildman–Crippen MR) is 73.4 cm³/mol. The van der Waals surface area contributed by atoms with Crippen molar-refractivity contribution in [3.8, 4) is 0 Å². The fraction of sp³-hybridized carbons (Fsp3) is 0.600. The van der Waals surface area contributed by atoms with Gasteiger partial charge in [-0.2, -0.15) is 0 Å². The van der Waals surface area contributed by atoms with Crippen LogP contribution in [-0.2, 0) is 11.2 Å². The Balaban J connectivity index is 2.17. The highest BCUT2D eigenvalue weighted by Gasteiger charge is 2.06. The monoisotopic (exact) mass is 271 g/mol. The average molecular weight is 271 g/mol. The number of halogens is 2. The third-order valence-electron chi connectivity index (χ3n) is 3.11. The van der Waals surface area contributed by atoms with Crippen LogP contribution in [0.1, 0.15) is 30.4 Å². The molecule has 0 aliphatic carbocycles. The first-order valence-electron chi connectivity index (χ1n) is 6.79. The van der Waals surface area contributed by atoms with E-state index in [1.807, 2.05) is 0 Å². The van der Waals surface area contributed by atoms with Crippen molar-refractivity contribution in [2.24, 2.45) is 0 Å². The Morgan fingerprint density at radius 2 is 1.84 bits per heavy atom. The molecule has 0 saturated heterocycles. The number of benzene rings is 1. The number of hydrogen-bond acceptors (Lipinski definition) is 2. The first kappa shape index (κ1) is 16.1. The molecule has 2 nitrogen and oxygen atoms in total. The molecule has 0 amide bonds. The first-order valence-corrected chi connectivity index (χ1v) is 6.79. The van der Waals surface area contributed by atoms with Crippen molar-refractivity contribution in [2.75, 3.05) is 26.8 Å². The second kappa shape index (κ2) is 8.99. The average Bonchev–Trinajstić information content (AvgIpc) is 2.38. The van der Waals surface area contributed by atoms with Gasteiger partial charge in [0.2, 0.25) is 0 Å². The lowest BCUT2D eigenvalue weighted by atomic mass is 10.0. The quantitative estimate of drug-likeness (QED) is 0.696. The Bertz CT molecular complexity index is 383. The molecule has 0 aliphatic rings. The third kappa shape index (κ3) is 6.12. The summed E-state index contributed by atoms with van der Waals surface area (Å²) in [6, 6.07) is 2.60. The lowest BCUT2D eigenvalue weighted by Gasteiger charge is -2.06. The van der Waals surface area contributed by atoms with E-state index in [4.69, 9.17) is 4.74 Å². The molecule has 0 spiro atoms. The molecule has 1 aromatic rings. The fourth-order valence-electron chi connectivity index (χ4n) is 1.92. The minimum Gasteiger partial charge on any atom is -0.383 e. The van der Waals surface area contributed by atoms with Gasteiger partial charge in [-0.25, -0.2) is 8.78 Å². The second-order valence-corrected chi connectivity index (χ2v) is 4.75. The third-order valence-corrected chi connectivity index (χ3v) is 3.11. The van der Waals surface area contributed by atoms with E-state index in [0.29, 0.717) is 24.2 Å². The molecule has 0 aliphatic heterocycles. The van der Waals surface area contributed by atoms with Gasteiger partial charge in [0.25, 0.3) is 0 Å². The van der Waals surface area contributed by atoms with E-state index >= 15 is 0 Å². The molecule has 1 aromatic carbocycles. The summed E-state index contributed by atoms with van der Waals surface area (Å²) in [5.74, 6) is -0.616. The molecular weight excluding hydrogens is 248 g/mol. The van der Waals surface area contributed by atoms with Crippen molar-refractivity contribution in [1.29, 1.82) is 0 Å². The van der Waals surface area contributed by atoms with Crippen LogP contribution in [0, 0.1) is 18.6 Å². The number of aryl methyl sites for hydroxylation is 2. The van der Waals surface area contributed by atoms with Gasteiger partial charge >= 0.3 is 0 Å². The van der Waals surface area contributed by atoms with Crippen molar-refractivity contribution < 1.29 is 13.5 Å². The molecule has 0 heterocycles. The number of nitrogens with one attached hydrogen (secondary N) is 1. The Hall–Kier alpha value is -1.00. The van der Waals surface area contributed by atoms with Crippen molar-refractivity contribution in [2.45, 2.75) is 32.6 Å². The van der Waals surface area contributed by atoms with Gasteiger partial charge in [-0.15, -0.1) is 0 Å². The Morgan fingerprint density at radius 3 is 2.58 bits per heavy atom. The second-order valence-electron chi connectivity index (χ2n) is 4.75. The fourth-order valence-corrected chi connectivity index (χ4v) is 1.92. The van der Waals surface area contributed by atoms with E-state index in [2.05, 4.69) is 5.32 Å². The lowest BCUT2D eigenvalue weighted by Crippen LogP contribution is -2.20. The molecule has 0 saturated carbocycles. The van der Waals surface area contributed by atoms with E-state index < -0.39 is 0 Å². The number of unbranched alkanes of at least 4 members (excludes halogenated alkanes) is 2. The Labute approximate surface area is 114 Å². The summed E-state index contributed by atoms with van der Waals surface area (Å²) in [6.07, 6.45) is 3.53. The smallest absolute Gasteiger partial charge is 0.126 e. The summed E-state index contributed by atoms with van der Waals surface area (Å²) in [7, 11) is 1.68. The maximum Gasteiger partial charge on any atom is 0.126 e. The largest absolute Gasteiger partial charge is 0.383 e. The summed E-state index contributed by atoms with van der Waals surface area (Å²) in [6.45, 7) is 4.09. The molecule has 19 heavy (non-hydrogen) atoms. The van der Waals surface area contributed by atoms with Crippen LogP contribution in [0.3, 0.4) is 0 Å². The molecule has 1 rings (SSSR count). The number of hydrogen-bond donors (Lipinski definition) is 1. The van der Waals surface area contributed by atoms with Crippen LogP contribution in [0.4, 0.5) is 8.78 Å². The van der Waals surface area contributed by atoms with E-state index in [-0.39, 0.29) is 11.6 Å². The zero-order valence-electron chi connectivity index (χ0n) is 11.8. The summed E-state index contributed by atoms with van der Waals surface area (Å²) < 4.78 is 31.8. The van der Waals surface area contributed by atoms with Gasteiger partial charge in [-0.3, -0.25) is 0 Å². The Kier molecular flexibility index (Phi) is 7.60. The minimum atomic E-state index is -0.322. The van der Waals surface area contributed by atoms with Crippen LogP contribution in [0.2, 0.25) is 0 Å². The van der Waals surface area contributed by atoms with E-state index in [1.54, 1.807) is 14.0 Å². The van der Waals surface area contributed by atoms with Crippen molar-refractivity contribution in [3.63, 3.8) is 0 Å². The van der Waals surface area contributed by atoms with E-state index in [9.17, 15) is 8.78 Å². The van der Waals surface area contributed by atoms with Gasteiger partial charge in [0.05, 0.1) is 6.61 Å². The first-order chi connectivity index (χ1) is 9.15. The normalized spacial score (nSPS) is 10.9. The standard InChI is InChI=1S/C15H23F2NO/c1-12-10-15(17)13(11-14(12)16)6-4-3-5-7-18-8-9-19-2/h10-11,18H,3-9H2,1-2H3. The molecule has 1 N–H and O–H groups in total. The van der Waals surface area contributed by atoms with E-state index in [1.165, 1.54) is 12.1 Å². The van der Waals surface area contributed by atoms with Crippen LogP contribution in [0.15, 0.2) is 12.1 Å². The molecule has 0 unspecified atom stereocenters. The summed E-state index contributed by atoms with van der Waals surface area (Å²) in [5, 5.41) is 3.25. The minimum absolute atomic E-state index is 0.294. The van der Waals surface area contributed by atoms with E-state index in [0.717, 1.165) is 32.4 Å². The van der Waals surface area contributed by atoms with Crippen LogP contribution in [-0.4, -0.2) is 26.8 Å². The van der Waals surface area contributed by atoms with Gasteiger partial charge in [0, 0.05) is 13.7 Å². The predicted octanol–water partition coefficient (Wildman–Crippen LogP) is 3.22. The highest BCUT2D eigenvalue weighted by atomic mass is 19.1. The van der Waals surface area contributed by atoms with Crippen molar-refractivity contribution in [3.05, 3.63) is 34.9 Å². The summed E-state index contributed by atoms with van der Waals surface area (Å²) in [4.78, 5) is 0. The van der Waals surface area contributed by atoms with Crippen LogP contribution in [0.25, 0.3) is 0 Å². The molecule has 0 aromatic heterocycles. The topological polar surface area (TPSA) is 21.3 Å². The number of methoxy groups -OCH3 is 1. The van der Waals surface area contributed by atoms with Gasteiger partial charge < -0.3 is 10.1 Å². The molecule has 0 bridgehead atoms. The molecule has 4 heteroatoms. The lowest BCUT2D eigenvalue weighted by molar-refractivity contribution is 0.199. The van der Waals surface area contributed by atoms with Gasteiger partial charge in [0.15, 0.2) is 0 Å². The maximum absolute atomic E-state index is 13.6. The van der Waals surface area contributed by atoms with Gasteiger partial charge in [-0.1, -0.05) is 6.42 Å². The Morgan fingerprint density at radius 1 is 1.05 bits per heavy atom. The zero-order valence-corrected chi connectivity index (χ0v) is 11.8.